The average molecular weight is 459 g/mol. The Morgan fingerprint density at radius 1 is 1.12 bits per heavy atom. The Hall–Kier alpha value is -1.89. The van der Waals surface area contributed by atoms with E-state index in [1.54, 1.807) is 31.8 Å². The minimum absolute atomic E-state index is 0.0495. The zero-order chi connectivity index (χ0) is 17.5. The summed E-state index contributed by atoms with van der Waals surface area (Å²) in [6.07, 6.45) is 4.48. The first kappa shape index (κ1) is 17.0. The van der Waals surface area contributed by atoms with Gasteiger partial charge in [-0.1, -0.05) is 6.92 Å². The molecular weight excluding hydrogens is 445 g/mol. The summed E-state index contributed by atoms with van der Waals surface area (Å²) < 4.78 is 29.0. The molecule has 3 heterocycles. The van der Waals surface area contributed by atoms with E-state index in [-0.39, 0.29) is 22.2 Å². The predicted molar refractivity (Wildman–Crippen MR) is 94.7 cm³/mol. The van der Waals surface area contributed by atoms with Gasteiger partial charge in [-0.3, -0.25) is 4.68 Å². The molecule has 126 valence electrons. The Morgan fingerprint density at radius 2 is 1.88 bits per heavy atom. The largest absolute Gasteiger partial charge is 0.321 e. The van der Waals surface area contributed by atoms with Crippen LogP contribution in [0.4, 0.5) is 0 Å². The van der Waals surface area contributed by atoms with E-state index < -0.39 is 9.84 Å². The summed E-state index contributed by atoms with van der Waals surface area (Å²) in [6, 6.07) is 0. The molecule has 0 amide bonds. The van der Waals surface area contributed by atoms with Gasteiger partial charge in [-0.2, -0.15) is 0 Å². The van der Waals surface area contributed by atoms with Gasteiger partial charge < -0.3 is 4.57 Å². The molecule has 0 aromatic carbocycles. The quantitative estimate of drug-likeness (QED) is 0.537. The average Bonchev–Trinajstić information content (AvgIpc) is 3.14. The van der Waals surface area contributed by atoms with Gasteiger partial charge in [0.25, 0.3) is 0 Å². The SMILES string of the molecule is CCS(=O)(=O)c1cnc(-c2ncn(C)n2)nc1-c1ncc(I)n1C. The van der Waals surface area contributed by atoms with Crippen molar-refractivity contribution < 1.29 is 8.42 Å². The minimum atomic E-state index is -3.51. The summed E-state index contributed by atoms with van der Waals surface area (Å²) in [5.41, 5.74) is 0.250. The lowest BCUT2D eigenvalue weighted by Gasteiger charge is -2.09. The lowest BCUT2D eigenvalue weighted by molar-refractivity contribution is 0.596. The molecule has 0 spiro atoms. The van der Waals surface area contributed by atoms with Crippen LogP contribution < -0.4 is 0 Å². The summed E-state index contributed by atoms with van der Waals surface area (Å²) in [5.74, 6) is 0.972. The van der Waals surface area contributed by atoms with Gasteiger partial charge in [0, 0.05) is 14.1 Å². The molecule has 0 unspecified atom stereocenters. The number of imidazole rings is 1. The van der Waals surface area contributed by atoms with E-state index in [1.807, 2.05) is 0 Å². The highest BCUT2D eigenvalue weighted by Gasteiger charge is 2.24. The molecule has 0 radical (unpaired) electrons. The van der Waals surface area contributed by atoms with Crippen molar-refractivity contribution >= 4 is 32.4 Å². The van der Waals surface area contributed by atoms with Crippen LogP contribution in [-0.4, -0.2) is 48.5 Å². The molecule has 0 saturated carbocycles. The molecule has 0 aliphatic heterocycles. The molecular formula is C13H14IN7O2S. The van der Waals surface area contributed by atoms with E-state index in [1.165, 1.54) is 17.2 Å². The molecule has 3 rings (SSSR count). The highest BCUT2D eigenvalue weighted by atomic mass is 127. The normalized spacial score (nSPS) is 11.8. The highest BCUT2D eigenvalue weighted by molar-refractivity contribution is 14.1. The van der Waals surface area contributed by atoms with Crippen LogP contribution in [-0.2, 0) is 23.9 Å². The van der Waals surface area contributed by atoms with E-state index in [0.29, 0.717) is 11.6 Å². The van der Waals surface area contributed by atoms with Crippen molar-refractivity contribution in [2.24, 2.45) is 14.1 Å². The second kappa shape index (κ2) is 6.20. The van der Waals surface area contributed by atoms with Crippen molar-refractivity contribution in [2.45, 2.75) is 11.8 Å². The van der Waals surface area contributed by atoms with E-state index in [0.717, 1.165) is 3.70 Å². The van der Waals surface area contributed by atoms with Gasteiger partial charge >= 0.3 is 0 Å². The van der Waals surface area contributed by atoms with E-state index in [4.69, 9.17) is 0 Å². The molecule has 9 nitrogen and oxygen atoms in total. The molecule has 0 aliphatic carbocycles. The molecule has 24 heavy (non-hydrogen) atoms. The van der Waals surface area contributed by atoms with Crippen molar-refractivity contribution in [1.82, 2.24) is 34.3 Å². The molecule has 0 aliphatic rings. The van der Waals surface area contributed by atoms with Crippen LogP contribution in [0.5, 0.6) is 0 Å². The molecule has 11 heteroatoms. The van der Waals surface area contributed by atoms with Gasteiger partial charge in [0.1, 0.15) is 16.9 Å². The zero-order valence-electron chi connectivity index (χ0n) is 13.2. The van der Waals surface area contributed by atoms with Crippen LogP contribution in [0.2, 0.25) is 0 Å². The fourth-order valence-corrected chi connectivity index (χ4v) is 3.40. The van der Waals surface area contributed by atoms with Crippen molar-refractivity contribution in [3.63, 3.8) is 0 Å². The second-order valence-electron chi connectivity index (χ2n) is 5.02. The fourth-order valence-electron chi connectivity index (χ4n) is 2.07. The maximum atomic E-state index is 12.4. The number of aromatic nitrogens is 7. The van der Waals surface area contributed by atoms with Gasteiger partial charge in [0.05, 0.1) is 21.8 Å². The van der Waals surface area contributed by atoms with E-state index >= 15 is 0 Å². The topological polar surface area (TPSA) is 108 Å². The Balaban J connectivity index is 2.27. The first-order valence-electron chi connectivity index (χ1n) is 6.97. The molecule has 3 aromatic rings. The molecule has 3 aromatic heterocycles. The third-order valence-electron chi connectivity index (χ3n) is 3.41. The first-order chi connectivity index (χ1) is 11.3. The van der Waals surface area contributed by atoms with Gasteiger partial charge in [0.2, 0.25) is 5.82 Å². The van der Waals surface area contributed by atoms with Crippen molar-refractivity contribution in [3.8, 4) is 23.2 Å². The Bertz CT molecular complexity index is 1010. The number of rotatable bonds is 4. The predicted octanol–water partition coefficient (Wildman–Crippen LogP) is 1.07. The van der Waals surface area contributed by atoms with Crippen LogP contribution in [0.15, 0.2) is 23.6 Å². The lowest BCUT2D eigenvalue weighted by Crippen LogP contribution is -2.11. The number of nitrogens with zero attached hydrogens (tertiary/aromatic N) is 7. The Labute approximate surface area is 152 Å². The van der Waals surface area contributed by atoms with Crippen molar-refractivity contribution in [3.05, 3.63) is 22.4 Å². The van der Waals surface area contributed by atoms with Crippen LogP contribution in [0.25, 0.3) is 23.2 Å². The van der Waals surface area contributed by atoms with E-state index in [9.17, 15) is 8.42 Å². The minimum Gasteiger partial charge on any atom is -0.321 e. The monoisotopic (exact) mass is 459 g/mol. The third kappa shape index (κ3) is 2.92. The fraction of sp³-hybridized carbons (Fsp3) is 0.308. The number of hydrogen-bond acceptors (Lipinski definition) is 7. The van der Waals surface area contributed by atoms with Crippen molar-refractivity contribution in [2.75, 3.05) is 5.75 Å². The molecule has 0 saturated heterocycles. The molecule has 0 fully saturated rings. The van der Waals surface area contributed by atoms with Gasteiger partial charge in [0.15, 0.2) is 21.5 Å². The number of aryl methyl sites for hydroxylation is 1. The summed E-state index contributed by atoms with van der Waals surface area (Å²) in [7, 11) is 0.0244. The highest BCUT2D eigenvalue weighted by Crippen LogP contribution is 2.27. The summed E-state index contributed by atoms with van der Waals surface area (Å²) in [6.45, 7) is 1.58. The van der Waals surface area contributed by atoms with Crippen molar-refractivity contribution in [1.29, 1.82) is 0 Å². The van der Waals surface area contributed by atoms with Crippen LogP contribution >= 0.6 is 22.6 Å². The van der Waals surface area contributed by atoms with Gasteiger partial charge in [-0.15, -0.1) is 5.10 Å². The number of hydrogen-bond donors (Lipinski definition) is 0. The van der Waals surface area contributed by atoms with Gasteiger partial charge in [-0.05, 0) is 22.6 Å². The number of sulfone groups is 1. The van der Waals surface area contributed by atoms with Crippen LogP contribution in [0.1, 0.15) is 6.92 Å². The summed E-state index contributed by atoms with van der Waals surface area (Å²) in [4.78, 5) is 17.0. The maximum absolute atomic E-state index is 12.4. The zero-order valence-corrected chi connectivity index (χ0v) is 16.1. The Morgan fingerprint density at radius 3 is 2.42 bits per heavy atom. The molecule has 0 N–H and O–H groups in total. The summed E-state index contributed by atoms with van der Waals surface area (Å²) in [5, 5.41) is 4.16. The number of halogens is 1. The smallest absolute Gasteiger partial charge is 0.218 e. The van der Waals surface area contributed by atoms with Crippen LogP contribution in [0.3, 0.4) is 0 Å². The standard InChI is InChI=1S/C13H14IN7O2S/c1-4-24(22,23)8-5-15-11(12-17-7-20(2)19-12)18-10(8)13-16-6-9(14)21(13)3/h5-7H,4H2,1-3H3. The maximum Gasteiger partial charge on any atom is 0.218 e. The lowest BCUT2D eigenvalue weighted by atomic mass is 10.3. The van der Waals surface area contributed by atoms with Gasteiger partial charge in [-0.25, -0.2) is 28.4 Å². The second-order valence-corrected chi connectivity index (χ2v) is 8.37. The molecule has 0 bridgehead atoms. The Kier molecular flexibility index (Phi) is 4.38. The van der Waals surface area contributed by atoms with E-state index in [2.05, 4.69) is 47.6 Å². The molecule has 0 atom stereocenters. The van der Waals surface area contributed by atoms with Crippen LogP contribution in [0, 0.1) is 3.70 Å². The third-order valence-corrected chi connectivity index (χ3v) is 6.14. The first-order valence-corrected chi connectivity index (χ1v) is 9.70. The summed E-state index contributed by atoms with van der Waals surface area (Å²) >= 11 is 2.12.